The van der Waals surface area contributed by atoms with Crippen LogP contribution < -0.4 is 9.64 Å². The molecule has 0 saturated heterocycles. The molecule has 0 radical (unpaired) electrons. The normalized spacial score (nSPS) is 20.8. The largest absolute Gasteiger partial charge is 0.461 e. The molecule has 3 aliphatic carbocycles. The standard InChI is InChI=1S/C51H39NO2/c1-34-10-3-2-4-12-35(13-9-11-34)36-18-24-40(25-19-36)52(42-28-30-45-44-14-5-7-16-47(44)54-50(45)33-42)41-26-20-37(21-27-41)38-22-29-43-39(32-38)23-31-49-51(43)46-15-6-8-17-48(46)53-49/h2-11,13-18,20-24,26-29,31-33,45H,1,12,19,25,30H2/b4-2-,10-3-,11-9-,35-13+. The van der Waals surface area contributed by atoms with Crippen LogP contribution in [0.3, 0.4) is 0 Å². The van der Waals surface area contributed by atoms with Gasteiger partial charge in [0.05, 0.1) is 0 Å². The Bertz CT molecular complexity index is 2760. The molecule has 0 spiro atoms. The summed E-state index contributed by atoms with van der Waals surface area (Å²) in [5.74, 6) is 2.27. The first-order valence-electron chi connectivity index (χ1n) is 18.9. The number of rotatable bonds is 5. The summed E-state index contributed by atoms with van der Waals surface area (Å²) in [7, 11) is 0. The van der Waals surface area contributed by atoms with Crippen LogP contribution in [-0.2, 0) is 0 Å². The number of hydrogen-bond donors (Lipinski definition) is 0. The molecule has 0 saturated carbocycles. The molecule has 0 fully saturated rings. The third-order valence-electron chi connectivity index (χ3n) is 11.1. The fourth-order valence-electron chi connectivity index (χ4n) is 8.38. The molecule has 1 aliphatic heterocycles. The Kier molecular flexibility index (Phi) is 7.99. The lowest BCUT2D eigenvalue weighted by atomic mass is 9.90. The number of para-hydroxylation sites is 2. The molecule has 3 nitrogen and oxygen atoms in total. The van der Waals surface area contributed by atoms with Crippen molar-refractivity contribution in [2.24, 2.45) is 0 Å². The first kappa shape index (κ1) is 32.1. The molecule has 4 aliphatic rings. The van der Waals surface area contributed by atoms with Crippen molar-refractivity contribution in [1.82, 2.24) is 0 Å². The second-order valence-corrected chi connectivity index (χ2v) is 14.4. The Hall–Kier alpha value is -6.58. The van der Waals surface area contributed by atoms with E-state index in [2.05, 4.69) is 163 Å². The molecule has 5 aromatic carbocycles. The van der Waals surface area contributed by atoms with Crippen LogP contribution >= 0.6 is 0 Å². The molecule has 1 atom stereocenters. The summed E-state index contributed by atoms with van der Waals surface area (Å²) in [4.78, 5) is 2.43. The van der Waals surface area contributed by atoms with Gasteiger partial charge in [-0.05, 0) is 107 Å². The number of allylic oxidation sites excluding steroid dienone is 16. The minimum atomic E-state index is 0.266. The third kappa shape index (κ3) is 5.79. The van der Waals surface area contributed by atoms with Gasteiger partial charge in [-0.1, -0.05) is 128 Å². The summed E-state index contributed by atoms with van der Waals surface area (Å²) >= 11 is 0. The lowest BCUT2D eigenvalue weighted by Gasteiger charge is -2.33. The van der Waals surface area contributed by atoms with Gasteiger partial charge in [-0.3, -0.25) is 0 Å². The summed E-state index contributed by atoms with van der Waals surface area (Å²) in [5.41, 5.74) is 12.8. The molecule has 0 amide bonds. The van der Waals surface area contributed by atoms with Gasteiger partial charge in [-0.25, -0.2) is 0 Å². The van der Waals surface area contributed by atoms with Crippen molar-refractivity contribution < 1.29 is 9.15 Å². The smallest absolute Gasteiger partial charge is 0.136 e. The summed E-state index contributed by atoms with van der Waals surface area (Å²) in [6, 6.07) is 36.8. The quantitative estimate of drug-likeness (QED) is 0.179. The van der Waals surface area contributed by atoms with E-state index in [-0.39, 0.29) is 5.92 Å². The number of anilines is 1. The molecule has 0 bridgehead atoms. The summed E-state index contributed by atoms with van der Waals surface area (Å²) in [6.45, 7) is 4.12. The van der Waals surface area contributed by atoms with E-state index in [1.165, 1.54) is 49.7 Å². The second-order valence-electron chi connectivity index (χ2n) is 14.4. The van der Waals surface area contributed by atoms with Crippen molar-refractivity contribution in [2.75, 3.05) is 4.90 Å². The Morgan fingerprint density at radius 1 is 0.685 bits per heavy atom. The lowest BCUT2D eigenvalue weighted by molar-refractivity contribution is 0.423. The molecule has 1 aromatic heterocycles. The summed E-state index contributed by atoms with van der Waals surface area (Å²) in [6.07, 6.45) is 27.9. The van der Waals surface area contributed by atoms with Gasteiger partial charge in [-0.15, -0.1) is 0 Å². The zero-order valence-electron chi connectivity index (χ0n) is 30.0. The number of benzene rings is 5. The fourth-order valence-corrected chi connectivity index (χ4v) is 8.38. The molecular formula is C51H39NO2. The maximum Gasteiger partial charge on any atom is 0.136 e. The minimum Gasteiger partial charge on any atom is -0.461 e. The molecular weight excluding hydrogens is 659 g/mol. The highest BCUT2D eigenvalue weighted by Crippen LogP contribution is 2.47. The first-order chi connectivity index (χ1) is 26.7. The van der Waals surface area contributed by atoms with E-state index in [0.29, 0.717) is 0 Å². The molecule has 10 rings (SSSR count). The van der Waals surface area contributed by atoms with Crippen LogP contribution in [0.5, 0.6) is 5.75 Å². The van der Waals surface area contributed by atoms with Gasteiger partial charge in [0.25, 0.3) is 0 Å². The highest BCUT2D eigenvalue weighted by atomic mass is 16.5. The third-order valence-corrected chi connectivity index (χ3v) is 11.1. The van der Waals surface area contributed by atoms with Crippen molar-refractivity contribution in [1.29, 1.82) is 0 Å². The topological polar surface area (TPSA) is 25.6 Å². The molecule has 3 heteroatoms. The van der Waals surface area contributed by atoms with Crippen molar-refractivity contribution in [3.05, 3.63) is 216 Å². The molecule has 1 unspecified atom stereocenters. The average molecular weight is 698 g/mol. The Morgan fingerprint density at radius 2 is 1.54 bits per heavy atom. The van der Waals surface area contributed by atoms with Crippen LogP contribution in [0.2, 0.25) is 0 Å². The second kappa shape index (κ2) is 13.4. The zero-order valence-corrected chi connectivity index (χ0v) is 30.0. The van der Waals surface area contributed by atoms with Crippen LogP contribution in [0, 0.1) is 0 Å². The predicted molar refractivity (Wildman–Crippen MR) is 224 cm³/mol. The van der Waals surface area contributed by atoms with Gasteiger partial charge in [0.2, 0.25) is 0 Å². The van der Waals surface area contributed by atoms with E-state index in [1.54, 1.807) is 0 Å². The van der Waals surface area contributed by atoms with E-state index >= 15 is 0 Å². The average Bonchev–Trinajstić information content (AvgIpc) is 3.79. The number of furan rings is 1. The molecule has 54 heavy (non-hydrogen) atoms. The van der Waals surface area contributed by atoms with Gasteiger partial charge in [0, 0.05) is 45.4 Å². The van der Waals surface area contributed by atoms with Crippen molar-refractivity contribution in [2.45, 2.75) is 31.6 Å². The van der Waals surface area contributed by atoms with Crippen molar-refractivity contribution in [3.8, 4) is 16.9 Å². The van der Waals surface area contributed by atoms with Gasteiger partial charge in [-0.2, -0.15) is 0 Å². The van der Waals surface area contributed by atoms with Crippen LogP contribution in [0.1, 0.15) is 37.2 Å². The van der Waals surface area contributed by atoms with E-state index in [0.717, 1.165) is 70.7 Å². The number of ether oxygens (including phenoxy) is 1. The van der Waals surface area contributed by atoms with Crippen molar-refractivity contribution in [3.63, 3.8) is 0 Å². The Balaban J connectivity index is 1.000. The van der Waals surface area contributed by atoms with Crippen molar-refractivity contribution >= 4 is 38.4 Å². The Morgan fingerprint density at radius 3 is 2.44 bits per heavy atom. The Labute approximate surface area is 315 Å². The first-order valence-corrected chi connectivity index (χ1v) is 18.9. The molecule has 260 valence electrons. The fraction of sp³-hybridized carbons (Fsp3) is 0.0980. The van der Waals surface area contributed by atoms with Gasteiger partial charge in [0.15, 0.2) is 0 Å². The van der Waals surface area contributed by atoms with Crippen LogP contribution in [0.25, 0.3) is 43.8 Å². The minimum absolute atomic E-state index is 0.266. The van der Waals surface area contributed by atoms with Gasteiger partial charge < -0.3 is 14.1 Å². The number of nitrogens with zero attached hydrogens (tertiary/aromatic N) is 1. The highest BCUT2D eigenvalue weighted by molar-refractivity contribution is 6.19. The lowest BCUT2D eigenvalue weighted by Crippen LogP contribution is -2.24. The molecule has 0 N–H and O–H groups in total. The maximum absolute atomic E-state index is 6.44. The maximum atomic E-state index is 6.44. The van der Waals surface area contributed by atoms with E-state index in [9.17, 15) is 0 Å². The van der Waals surface area contributed by atoms with Crippen LogP contribution in [0.4, 0.5) is 5.69 Å². The van der Waals surface area contributed by atoms with E-state index in [1.807, 2.05) is 18.2 Å². The number of fused-ring (bicyclic) bond motifs is 8. The summed E-state index contributed by atoms with van der Waals surface area (Å²) in [5, 5.41) is 4.75. The van der Waals surface area contributed by atoms with E-state index in [4.69, 9.17) is 9.15 Å². The van der Waals surface area contributed by atoms with E-state index < -0.39 is 0 Å². The van der Waals surface area contributed by atoms with Crippen LogP contribution in [-0.4, -0.2) is 0 Å². The van der Waals surface area contributed by atoms with Crippen LogP contribution in [0.15, 0.2) is 215 Å². The molecule has 2 heterocycles. The molecule has 6 aromatic rings. The van der Waals surface area contributed by atoms with Gasteiger partial charge in [0.1, 0.15) is 22.7 Å². The number of hydrogen-bond acceptors (Lipinski definition) is 3. The van der Waals surface area contributed by atoms with Gasteiger partial charge >= 0.3 is 0 Å². The monoisotopic (exact) mass is 697 g/mol. The highest BCUT2D eigenvalue weighted by Gasteiger charge is 2.32. The summed E-state index contributed by atoms with van der Waals surface area (Å²) < 4.78 is 12.6. The SMILES string of the molecule is C=C1/C=C\C=C/C/C(C2=CC=C(N(C3=CCC4C(=C3)Oc3ccccc34)c3ccc(-c4ccc5c(ccc6oc7ccccc7c65)c4)cc3)CC2)=C\C=C/1. The predicted octanol–water partition coefficient (Wildman–Crippen LogP) is 13.7. The zero-order chi connectivity index (χ0) is 36.0.